The number of ether oxygens (including phenoxy) is 1. The maximum Gasteiger partial charge on any atom is 0.197 e. The van der Waals surface area contributed by atoms with Gasteiger partial charge in [0.2, 0.25) is 0 Å². The van der Waals surface area contributed by atoms with E-state index in [2.05, 4.69) is 0 Å². The molecule has 4 heteroatoms. The number of methoxy groups -OCH3 is 1. The summed E-state index contributed by atoms with van der Waals surface area (Å²) in [6.45, 7) is 5.33. The maximum absolute atomic E-state index is 13.5. The lowest BCUT2D eigenvalue weighted by atomic mass is 9.84. The fraction of sp³-hybridized carbons (Fsp3) is 0.462. The van der Waals surface area contributed by atoms with Gasteiger partial charge < -0.3 is 4.74 Å². The van der Waals surface area contributed by atoms with Crippen LogP contribution in [0.1, 0.15) is 31.1 Å². The maximum atomic E-state index is 13.5. The summed E-state index contributed by atoms with van der Waals surface area (Å²) in [4.78, 5) is 12.1. The third-order valence-corrected chi connectivity index (χ3v) is 2.47. The highest BCUT2D eigenvalue weighted by Crippen LogP contribution is 2.26. The quantitative estimate of drug-likeness (QED) is 0.761. The molecule has 2 nitrogen and oxygen atoms in total. The summed E-state index contributed by atoms with van der Waals surface area (Å²) in [6.07, 6.45) is -0.881. The van der Waals surface area contributed by atoms with Crippen LogP contribution in [0.2, 0.25) is 0 Å². The van der Waals surface area contributed by atoms with Crippen LogP contribution in [0.25, 0.3) is 0 Å². The van der Waals surface area contributed by atoms with E-state index in [4.69, 9.17) is 4.74 Å². The summed E-state index contributed by atoms with van der Waals surface area (Å²) >= 11 is 0. The summed E-state index contributed by atoms with van der Waals surface area (Å²) < 4.78 is 32.0. The molecule has 0 aliphatic heterocycles. The molecule has 0 fully saturated rings. The first kappa shape index (κ1) is 13.8. The van der Waals surface area contributed by atoms with Crippen molar-refractivity contribution in [2.45, 2.75) is 26.9 Å². The lowest BCUT2D eigenvalue weighted by Crippen LogP contribution is -2.37. The summed E-state index contributed by atoms with van der Waals surface area (Å²) in [5, 5.41) is 0. The van der Waals surface area contributed by atoms with Gasteiger partial charge in [-0.1, -0.05) is 26.8 Å². The van der Waals surface area contributed by atoms with Gasteiger partial charge in [0.05, 0.1) is 5.56 Å². The second kappa shape index (κ2) is 4.92. The Morgan fingerprint density at radius 2 is 1.71 bits per heavy atom. The van der Waals surface area contributed by atoms with Crippen LogP contribution in [0.15, 0.2) is 18.2 Å². The highest BCUT2D eigenvalue weighted by Gasteiger charge is 2.34. The van der Waals surface area contributed by atoms with Crippen molar-refractivity contribution < 1.29 is 18.3 Å². The lowest BCUT2D eigenvalue weighted by molar-refractivity contribution is 0.0189. The molecular weight excluding hydrogens is 226 g/mol. The molecule has 0 aromatic heterocycles. The molecule has 17 heavy (non-hydrogen) atoms. The van der Waals surface area contributed by atoms with Crippen molar-refractivity contribution in [1.29, 1.82) is 0 Å². The number of carbonyl (C=O) groups is 1. The Morgan fingerprint density at radius 1 is 1.24 bits per heavy atom. The zero-order valence-electron chi connectivity index (χ0n) is 10.4. The molecule has 0 saturated heterocycles. The van der Waals surface area contributed by atoms with Crippen LogP contribution in [0.5, 0.6) is 0 Å². The first-order chi connectivity index (χ1) is 7.79. The van der Waals surface area contributed by atoms with Gasteiger partial charge in [-0.25, -0.2) is 8.78 Å². The molecular formula is C13H16F2O2. The third-order valence-electron chi connectivity index (χ3n) is 2.47. The van der Waals surface area contributed by atoms with E-state index in [-0.39, 0.29) is 0 Å². The van der Waals surface area contributed by atoms with Crippen molar-refractivity contribution in [3.8, 4) is 0 Å². The molecule has 0 N–H and O–H groups in total. The molecule has 0 heterocycles. The van der Waals surface area contributed by atoms with Crippen molar-refractivity contribution in [3.63, 3.8) is 0 Å². The van der Waals surface area contributed by atoms with Crippen molar-refractivity contribution in [2.24, 2.45) is 5.41 Å². The van der Waals surface area contributed by atoms with Gasteiger partial charge in [0.25, 0.3) is 0 Å². The standard InChI is InChI=1S/C13H16F2O2/c1-13(2,3)12(17-4)11(16)10-8(14)6-5-7-9(10)15/h5-7,12H,1-4H3. The summed E-state index contributed by atoms with van der Waals surface area (Å²) in [7, 11) is 1.35. The van der Waals surface area contributed by atoms with Gasteiger partial charge in [-0.2, -0.15) is 0 Å². The monoisotopic (exact) mass is 242 g/mol. The first-order valence-corrected chi connectivity index (χ1v) is 5.30. The number of rotatable bonds is 3. The largest absolute Gasteiger partial charge is 0.373 e. The minimum Gasteiger partial charge on any atom is -0.373 e. The molecule has 0 amide bonds. The average molecular weight is 242 g/mol. The Bertz CT molecular complexity index is 402. The van der Waals surface area contributed by atoms with Crippen LogP contribution in [0.4, 0.5) is 8.78 Å². The third kappa shape index (κ3) is 2.88. The zero-order chi connectivity index (χ0) is 13.2. The molecule has 0 spiro atoms. The van der Waals surface area contributed by atoms with Crippen LogP contribution in [-0.2, 0) is 4.74 Å². The van der Waals surface area contributed by atoms with E-state index in [0.29, 0.717) is 0 Å². The van der Waals surface area contributed by atoms with Crippen molar-refractivity contribution in [3.05, 3.63) is 35.4 Å². The molecule has 0 aliphatic rings. The number of carbonyl (C=O) groups excluding carboxylic acids is 1. The molecule has 94 valence electrons. The van der Waals surface area contributed by atoms with E-state index in [0.717, 1.165) is 12.1 Å². The van der Waals surface area contributed by atoms with Gasteiger partial charge in [-0.15, -0.1) is 0 Å². The van der Waals surface area contributed by atoms with Crippen LogP contribution < -0.4 is 0 Å². The van der Waals surface area contributed by atoms with Gasteiger partial charge in [0.15, 0.2) is 5.78 Å². The highest BCUT2D eigenvalue weighted by molar-refractivity contribution is 6.00. The Hall–Kier alpha value is -1.29. The number of Topliss-reactive ketones (excluding diaryl/α,β-unsaturated/α-hetero) is 1. The Kier molecular flexibility index (Phi) is 3.98. The predicted molar refractivity (Wildman–Crippen MR) is 60.9 cm³/mol. The van der Waals surface area contributed by atoms with Crippen molar-refractivity contribution >= 4 is 5.78 Å². The van der Waals surface area contributed by atoms with E-state index in [1.807, 2.05) is 0 Å². The Morgan fingerprint density at radius 3 is 2.06 bits per heavy atom. The molecule has 0 aliphatic carbocycles. The molecule has 0 bridgehead atoms. The van der Waals surface area contributed by atoms with Crippen LogP contribution in [0, 0.1) is 17.0 Å². The van der Waals surface area contributed by atoms with E-state index < -0.39 is 34.5 Å². The topological polar surface area (TPSA) is 26.3 Å². The number of ketones is 1. The Balaban J connectivity index is 3.20. The normalized spacial score (nSPS) is 13.5. The molecule has 1 unspecified atom stereocenters. The fourth-order valence-corrected chi connectivity index (χ4v) is 1.72. The average Bonchev–Trinajstić information content (AvgIpc) is 2.15. The number of halogens is 2. The number of hydrogen-bond donors (Lipinski definition) is 0. The van der Waals surface area contributed by atoms with E-state index in [1.54, 1.807) is 20.8 Å². The van der Waals surface area contributed by atoms with E-state index >= 15 is 0 Å². The van der Waals surface area contributed by atoms with Gasteiger partial charge in [-0.3, -0.25) is 4.79 Å². The van der Waals surface area contributed by atoms with Crippen LogP contribution in [-0.4, -0.2) is 19.0 Å². The smallest absolute Gasteiger partial charge is 0.197 e. The van der Waals surface area contributed by atoms with Crippen molar-refractivity contribution in [2.75, 3.05) is 7.11 Å². The van der Waals surface area contributed by atoms with Gasteiger partial charge in [-0.05, 0) is 17.5 Å². The summed E-state index contributed by atoms with van der Waals surface area (Å²) in [5.74, 6) is -2.39. The van der Waals surface area contributed by atoms with Crippen molar-refractivity contribution in [1.82, 2.24) is 0 Å². The lowest BCUT2D eigenvalue weighted by Gasteiger charge is -2.28. The van der Waals surface area contributed by atoms with Gasteiger partial charge in [0.1, 0.15) is 17.7 Å². The van der Waals surface area contributed by atoms with E-state index in [1.165, 1.54) is 13.2 Å². The minimum atomic E-state index is -0.881. The minimum absolute atomic E-state index is 0.527. The fourth-order valence-electron chi connectivity index (χ4n) is 1.72. The van der Waals surface area contributed by atoms with Crippen LogP contribution in [0.3, 0.4) is 0 Å². The van der Waals surface area contributed by atoms with Crippen LogP contribution >= 0.6 is 0 Å². The summed E-state index contributed by atoms with van der Waals surface area (Å²) in [5.41, 5.74) is -1.06. The molecule has 0 saturated carbocycles. The second-order valence-electron chi connectivity index (χ2n) is 4.94. The zero-order valence-corrected chi connectivity index (χ0v) is 10.4. The predicted octanol–water partition coefficient (Wildman–Crippen LogP) is 3.21. The van der Waals surface area contributed by atoms with E-state index in [9.17, 15) is 13.6 Å². The highest BCUT2D eigenvalue weighted by atomic mass is 19.1. The second-order valence-corrected chi connectivity index (χ2v) is 4.94. The molecule has 0 radical (unpaired) electrons. The summed E-state index contributed by atoms with van der Waals surface area (Å²) in [6, 6.07) is 3.34. The molecule has 1 aromatic rings. The number of hydrogen-bond acceptors (Lipinski definition) is 2. The molecule has 1 aromatic carbocycles. The molecule has 1 atom stereocenters. The Labute approximate surface area is 99.6 Å². The van der Waals surface area contributed by atoms with Gasteiger partial charge >= 0.3 is 0 Å². The first-order valence-electron chi connectivity index (χ1n) is 5.30. The molecule has 1 rings (SSSR count). The SMILES string of the molecule is COC(C(=O)c1c(F)cccc1F)C(C)(C)C. The number of benzene rings is 1. The van der Waals surface area contributed by atoms with Gasteiger partial charge in [0, 0.05) is 7.11 Å².